The lowest BCUT2D eigenvalue weighted by Gasteiger charge is -2.28. The molecular weight excluding hydrogens is 315 g/mol. The fraction of sp³-hybridized carbons (Fsp3) is 0.647. The lowest BCUT2D eigenvalue weighted by Crippen LogP contribution is -2.14. The fourth-order valence-corrected chi connectivity index (χ4v) is 7.55. The SMILES string of the molecule is COc1cc(C[P+](CCCO)(CCCO)CCCO)ccc1O. The third kappa shape index (κ3) is 6.64. The van der Waals surface area contributed by atoms with Gasteiger partial charge in [-0.3, -0.25) is 0 Å². The summed E-state index contributed by atoms with van der Waals surface area (Å²) in [5.41, 5.74) is 1.10. The topological polar surface area (TPSA) is 90.2 Å². The van der Waals surface area contributed by atoms with E-state index in [2.05, 4.69) is 0 Å². The van der Waals surface area contributed by atoms with Crippen LogP contribution >= 0.6 is 7.26 Å². The van der Waals surface area contributed by atoms with Crippen molar-refractivity contribution in [3.8, 4) is 11.5 Å². The molecule has 0 unspecified atom stereocenters. The van der Waals surface area contributed by atoms with Crippen molar-refractivity contribution < 1.29 is 25.2 Å². The van der Waals surface area contributed by atoms with Crippen molar-refractivity contribution in [1.29, 1.82) is 0 Å². The summed E-state index contributed by atoms with van der Waals surface area (Å²) >= 11 is 0. The molecule has 4 N–H and O–H groups in total. The minimum atomic E-state index is -1.43. The average molecular weight is 345 g/mol. The number of benzene rings is 1. The molecule has 1 aromatic rings. The second-order valence-electron chi connectivity index (χ2n) is 5.91. The van der Waals surface area contributed by atoms with Crippen LogP contribution in [0.5, 0.6) is 11.5 Å². The summed E-state index contributed by atoms with van der Waals surface area (Å²) in [7, 11) is 0.102. The van der Waals surface area contributed by atoms with Crippen molar-refractivity contribution in [3.63, 3.8) is 0 Å². The van der Waals surface area contributed by atoms with Crippen molar-refractivity contribution in [2.75, 3.05) is 45.4 Å². The van der Waals surface area contributed by atoms with Gasteiger partial charge in [-0.15, -0.1) is 0 Å². The van der Waals surface area contributed by atoms with Crippen molar-refractivity contribution in [2.45, 2.75) is 25.4 Å². The van der Waals surface area contributed by atoms with Crippen LogP contribution in [0.3, 0.4) is 0 Å². The molecule has 0 bridgehead atoms. The van der Waals surface area contributed by atoms with Gasteiger partial charge in [0.1, 0.15) is 0 Å². The summed E-state index contributed by atoms with van der Waals surface area (Å²) in [6, 6.07) is 5.41. The van der Waals surface area contributed by atoms with Crippen LogP contribution in [0.4, 0.5) is 0 Å². The Bertz CT molecular complexity index is 431. The van der Waals surface area contributed by atoms with Gasteiger partial charge in [-0.05, 0) is 17.7 Å². The largest absolute Gasteiger partial charge is 0.504 e. The first-order valence-electron chi connectivity index (χ1n) is 8.14. The lowest BCUT2D eigenvalue weighted by atomic mass is 10.2. The molecule has 0 aliphatic carbocycles. The Balaban J connectivity index is 2.99. The van der Waals surface area contributed by atoms with E-state index in [1.54, 1.807) is 6.07 Å². The Hall–Kier alpha value is -0.870. The number of aliphatic hydroxyl groups is 3. The van der Waals surface area contributed by atoms with E-state index in [1.807, 2.05) is 12.1 Å². The molecule has 0 radical (unpaired) electrons. The Morgan fingerprint density at radius 3 is 1.87 bits per heavy atom. The highest BCUT2D eigenvalue weighted by Gasteiger charge is 2.36. The zero-order valence-corrected chi connectivity index (χ0v) is 14.8. The maximum absolute atomic E-state index is 9.74. The second kappa shape index (κ2) is 10.8. The molecule has 132 valence electrons. The predicted octanol–water partition coefficient (Wildman–Crippen LogP) is 2.07. The molecule has 1 rings (SSSR count). The normalized spacial score (nSPS) is 11.7. The van der Waals surface area contributed by atoms with Crippen LogP contribution < -0.4 is 4.74 Å². The van der Waals surface area contributed by atoms with E-state index in [9.17, 15) is 20.4 Å². The summed E-state index contributed by atoms with van der Waals surface area (Å²) < 4.78 is 5.19. The number of methoxy groups -OCH3 is 1. The summed E-state index contributed by atoms with van der Waals surface area (Å²) in [6.07, 6.45) is 5.98. The highest BCUT2D eigenvalue weighted by Crippen LogP contribution is 2.62. The van der Waals surface area contributed by atoms with Crippen LogP contribution in [0.15, 0.2) is 18.2 Å². The van der Waals surface area contributed by atoms with Crippen molar-refractivity contribution in [2.24, 2.45) is 0 Å². The molecule has 1 aromatic carbocycles. The number of rotatable bonds is 12. The van der Waals surface area contributed by atoms with Gasteiger partial charge in [-0.25, -0.2) is 0 Å². The molecule has 23 heavy (non-hydrogen) atoms. The van der Waals surface area contributed by atoms with Gasteiger partial charge < -0.3 is 25.2 Å². The predicted molar refractivity (Wildman–Crippen MR) is 95.0 cm³/mol. The van der Waals surface area contributed by atoms with Crippen molar-refractivity contribution in [3.05, 3.63) is 23.8 Å². The van der Waals surface area contributed by atoms with E-state index in [0.29, 0.717) is 5.75 Å². The molecule has 0 aliphatic rings. The second-order valence-corrected chi connectivity index (χ2v) is 10.2. The number of ether oxygens (including phenoxy) is 1. The fourth-order valence-electron chi connectivity index (χ4n) is 3.00. The smallest absolute Gasteiger partial charge is 0.160 e. The molecule has 0 saturated carbocycles. The summed E-state index contributed by atoms with van der Waals surface area (Å²) in [4.78, 5) is 0. The third-order valence-corrected chi connectivity index (χ3v) is 8.96. The molecule has 0 aromatic heterocycles. The molecule has 0 saturated heterocycles. The van der Waals surface area contributed by atoms with Crippen molar-refractivity contribution >= 4 is 7.26 Å². The summed E-state index contributed by atoms with van der Waals surface area (Å²) in [5.74, 6) is 0.591. The van der Waals surface area contributed by atoms with E-state index in [4.69, 9.17) is 4.74 Å². The van der Waals surface area contributed by atoms with Crippen molar-refractivity contribution in [1.82, 2.24) is 0 Å². The van der Waals surface area contributed by atoms with E-state index >= 15 is 0 Å². The van der Waals surface area contributed by atoms with Crippen LogP contribution in [-0.2, 0) is 6.16 Å². The molecule has 0 amide bonds. The molecule has 6 heteroatoms. The number of hydrogen-bond donors (Lipinski definition) is 4. The van der Waals surface area contributed by atoms with Gasteiger partial charge in [-0.2, -0.15) is 0 Å². The standard InChI is InChI=1S/C17H29O5P/c1-22-17-13-15(5-6-16(17)21)14-23(10-2-7-18,11-3-8-19)12-4-9-20/h5-6,13,18-20H,2-4,7-12,14H2,1H3/p+1. The van der Waals surface area contributed by atoms with Crippen LogP contribution in [0, 0.1) is 0 Å². The van der Waals surface area contributed by atoms with Crippen LogP contribution in [0.1, 0.15) is 24.8 Å². The first-order valence-corrected chi connectivity index (χ1v) is 10.7. The highest BCUT2D eigenvalue weighted by atomic mass is 31.2. The molecule has 0 atom stereocenters. The first kappa shape index (κ1) is 20.2. The van der Waals surface area contributed by atoms with Gasteiger partial charge >= 0.3 is 0 Å². The zero-order valence-electron chi connectivity index (χ0n) is 13.9. The zero-order chi connectivity index (χ0) is 17.1. The average Bonchev–Trinajstić information content (AvgIpc) is 2.57. The maximum Gasteiger partial charge on any atom is 0.160 e. The Morgan fingerprint density at radius 2 is 1.43 bits per heavy atom. The quantitative estimate of drug-likeness (QED) is 0.436. The van der Waals surface area contributed by atoms with Crippen LogP contribution in [0.25, 0.3) is 0 Å². The lowest BCUT2D eigenvalue weighted by molar-refractivity contribution is 0.292. The molecule has 0 fully saturated rings. The van der Waals surface area contributed by atoms with Gasteiger partial charge in [0.25, 0.3) is 0 Å². The van der Waals surface area contributed by atoms with Crippen LogP contribution in [0.2, 0.25) is 0 Å². The molecule has 0 aliphatic heterocycles. The number of hydrogen-bond acceptors (Lipinski definition) is 5. The molecule has 0 heterocycles. The number of aliphatic hydroxyl groups excluding tert-OH is 3. The van der Waals surface area contributed by atoms with Crippen LogP contribution in [-0.4, -0.2) is 65.8 Å². The van der Waals surface area contributed by atoms with Gasteiger partial charge in [0.15, 0.2) is 11.5 Å². The Labute approximate surface area is 139 Å². The van der Waals surface area contributed by atoms with Gasteiger partial charge in [0.05, 0.1) is 31.8 Å². The first-order chi connectivity index (χ1) is 11.1. The Morgan fingerprint density at radius 1 is 0.913 bits per heavy atom. The maximum atomic E-state index is 9.74. The monoisotopic (exact) mass is 345 g/mol. The summed E-state index contributed by atoms with van der Waals surface area (Å²) in [5, 5.41) is 37.4. The van der Waals surface area contributed by atoms with E-state index < -0.39 is 7.26 Å². The number of phenolic OH excluding ortho intramolecular Hbond substituents is 1. The number of aromatic hydroxyl groups is 1. The third-order valence-electron chi connectivity index (χ3n) is 4.13. The van der Waals surface area contributed by atoms with E-state index in [-0.39, 0.29) is 25.6 Å². The minimum absolute atomic E-state index is 0.126. The van der Waals surface area contributed by atoms with Gasteiger partial charge in [0, 0.05) is 46.3 Å². The van der Waals surface area contributed by atoms with Gasteiger partial charge in [-0.1, -0.05) is 6.07 Å². The molecule has 5 nitrogen and oxygen atoms in total. The van der Waals surface area contributed by atoms with E-state index in [0.717, 1.165) is 49.5 Å². The number of phenols is 1. The molecule has 0 spiro atoms. The van der Waals surface area contributed by atoms with Gasteiger partial charge in [0.2, 0.25) is 0 Å². The molecular formula is C17H30O5P+. The summed E-state index contributed by atoms with van der Waals surface area (Å²) in [6.45, 7) is 0.497. The van der Waals surface area contributed by atoms with E-state index in [1.165, 1.54) is 7.11 Å². The Kier molecular flexibility index (Phi) is 9.49. The minimum Gasteiger partial charge on any atom is -0.504 e. The highest BCUT2D eigenvalue weighted by molar-refractivity contribution is 7.75.